The molecule has 1 aliphatic heterocycles. The van der Waals surface area contributed by atoms with Crippen LogP contribution in [0.15, 0.2) is 60.2 Å². The molecule has 0 fully saturated rings. The Hall–Kier alpha value is -2.51. The molecule has 0 saturated carbocycles. The first-order valence-electron chi connectivity index (χ1n) is 8.89. The van der Waals surface area contributed by atoms with E-state index in [9.17, 15) is 13.2 Å². The second-order valence-corrected chi connectivity index (χ2v) is 7.18. The lowest BCUT2D eigenvalue weighted by Crippen LogP contribution is -2.16. The highest BCUT2D eigenvalue weighted by Crippen LogP contribution is 2.32. The van der Waals surface area contributed by atoms with Crippen molar-refractivity contribution in [2.45, 2.75) is 18.7 Å². The molecule has 0 bridgehead atoms. The van der Waals surface area contributed by atoms with E-state index in [0.29, 0.717) is 0 Å². The molecule has 1 heterocycles. The first-order valence-corrected chi connectivity index (χ1v) is 9.18. The lowest BCUT2D eigenvalue weighted by Gasteiger charge is -2.10. The van der Waals surface area contributed by atoms with Crippen molar-refractivity contribution in [1.29, 1.82) is 0 Å². The van der Waals surface area contributed by atoms with Gasteiger partial charge in [0.2, 0.25) is 17.4 Å². The summed E-state index contributed by atoms with van der Waals surface area (Å²) in [5.74, 6) is -2.83. The van der Waals surface area contributed by atoms with Crippen LogP contribution < -0.4 is 5.73 Å². The zero-order chi connectivity index (χ0) is 21.6. The Morgan fingerprint density at radius 1 is 1.23 bits per heavy atom. The molecule has 1 aliphatic rings. The normalized spacial score (nSPS) is 22.4. The van der Waals surface area contributed by atoms with E-state index in [4.69, 9.17) is 30.4 Å². The summed E-state index contributed by atoms with van der Waals surface area (Å²) in [7, 11) is -5.05. The van der Waals surface area contributed by atoms with E-state index < -0.39 is 39.3 Å². The third-order valence-electron chi connectivity index (χ3n) is 3.44. The number of ketones is 1. The Morgan fingerprint density at radius 2 is 1.85 bits per heavy atom. The lowest BCUT2D eigenvalue weighted by molar-refractivity contribution is -0.123. The predicted molar refractivity (Wildman–Crippen MR) is 96.4 cm³/mol. The summed E-state index contributed by atoms with van der Waals surface area (Å²) in [5, 5.41) is 0.284. The minimum Gasteiger partial charge on any atom is -0.460 e. The zero-order valence-corrected chi connectivity index (χ0v) is 15.1. The Kier molecular flexibility index (Phi) is 3.95. The van der Waals surface area contributed by atoms with Crippen LogP contribution in [0.4, 0.5) is 0 Å². The van der Waals surface area contributed by atoms with E-state index in [1.54, 1.807) is 12.1 Å². The quantitative estimate of drug-likeness (QED) is 0.780. The molecule has 8 heteroatoms. The average molecular weight is 397 g/mol. The fraction of sp³-hybridized carbons (Fsp3) is 0.167. The van der Waals surface area contributed by atoms with Crippen LogP contribution >= 0.6 is 11.6 Å². The van der Waals surface area contributed by atoms with Gasteiger partial charge in [-0.15, -0.1) is 0 Å². The highest BCUT2D eigenvalue weighted by molar-refractivity contribution is 7.86. The van der Waals surface area contributed by atoms with E-state index in [1.165, 1.54) is 36.4 Å². The minimum absolute atomic E-state index is 0.118. The van der Waals surface area contributed by atoms with E-state index >= 15 is 0 Å². The van der Waals surface area contributed by atoms with Gasteiger partial charge in [0, 0.05) is 10.6 Å². The third-order valence-corrected chi connectivity index (χ3v) is 4.57. The van der Waals surface area contributed by atoms with Gasteiger partial charge in [-0.1, -0.05) is 53.6 Å². The molecule has 0 aromatic heterocycles. The molecule has 0 amide bonds. The maximum atomic E-state index is 12.7. The molecule has 3 rings (SSSR count). The van der Waals surface area contributed by atoms with Crippen LogP contribution in [0.3, 0.4) is 0 Å². The Labute approximate surface area is 160 Å². The van der Waals surface area contributed by atoms with Crippen LogP contribution in [0.5, 0.6) is 0 Å². The molecule has 26 heavy (non-hydrogen) atoms. The molecular weight excluding hydrogens is 378 g/mol. The molecule has 2 aromatic rings. The molecule has 0 aliphatic carbocycles. The molecule has 136 valence electrons. The van der Waals surface area contributed by atoms with Crippen LogP contribution in [-0.4, -0.2) is 14.2 Å². The van der Waals surface area contributed by atoms with Gasteiger partial charge in [0.15, 0.2) is 6.08 Å². The summed E-state index contributed by atoms with van der Waals surface area (Å²) < 4.78 is 59.3. The highest BCUT2D eigenvalue weighted by atomic mass is 35.5. The van der Waals surface area contributed by atoms with Crippen LogP contribution in [0.1, 0.15) is 26.9 Å². The second kappa shape index (κ2) is 7.01. The van der Waals surface area contributed by atoms with Gasteiger partial charge in [-0.3, -0.25) is 4.79 Å². The van der Waals surface area contributed by atoms with Crippen molar-refractivity contribution < 1.29 is 26.2 Å². The fourth-order valence-corrected chi connectivity index (χ4v) is 3.15. The van der Waals surface area contributed by atoms with Gasteiger partial charge in [-0.2, -0.15) is 8.42 Å². The van der Waals surface area contributed by atoms with Gasteiger partial charge < -0.3 is 14.7 Å². The van der Waals surface area contributed by atoms with E-state index in [1.807, 2.05) is 6.92 Å². The first-order chi connectivity index (χ1) is 13.4. The largest absolute Gasteiger partial charge is 0.460 e. The van der Waals surface area contributed by atoms with Crippen molar-refractivity contribution in [2.75, 3.05) is 0 Å². The summed E-state index contributed by atoms with van der Waals surface area (Å²) in [6, 6.07) is 11.2. The minimum atomic E-state index is -5.05. The number of Topliss-reactive ketones (excluding diaryl/α,β-unsaturated/α-hetero) is 1. The van der Waals surface area contributed by atoms with Gasteiger partial charge in [-0.05, 0) is 24.6 Å². The van der Waals surface area contributed by atoms with Gasteiger partial charge >= 0.3 is 10.1 Å². The van der Waals surface area contributed by atoms with Crippen LogP contribution in [0.2, 0.25) is 5.02 Å². The van der Waals surface area contributed by atoms with E-state index in [2.05, 4.69) is 0 Å². The number of hydrogen-bond acceptors (Lipinski definition) is 6. The third kappa shape index (κ3) is 4.00. The summed E-state index contributed by atoms with van der Waals surface area (Å²) in [4.78, 5) is 12.7. The summed E-state index contributed by atoms with van der Waals surface area (Å²) in [6.45, 7) is 1.81. The number of carbonyl (C=O) groups excluding carboxylic acids is 1. The number of benzene rings is 2. The SMILES string of the molecule is [2H]C1(c2ccc(C)cc2)OC(N)=C(OS(=O)(=O)C([2H])([2H])c2ccc(Cl)cc2)C1=O. The first kappa shape index (κ1) is 14.6. The van der Waals surface area contributed by atoms with Crippen molar-refractivity contribution in [3.8, 4) is 0 Å². The van der Waals surface area contributed by atoms with Gasteiger partial charge in [0.05, 0.1) is 4.11 Å². The van der Waals surface area contributed by atoms with Crippen LogP contribution in [0, 0.1) is 6.92 Å². The number of carbonyl (C=O) groups is 1. The monoisotopic (exact) mass is 396 g/mol. The van der Waals surface area contributed by atoms with Gasteiger partial charge in [0.1, 0.15) is 5.70 Å². The van der Waals surface area contributed by atoms with Crippen molar-refractivity contribution in [3.05, 3.63) is 81.9 Å². The maximum absolute atomic E-state index is 12.7. The van der Waals surface area contributed by atoms with Crippen LogP contribution in [-0.2, 0) is 29.5 Å². The molecular formula is C18H16ClNO5S. The van der Waals surface area contributed by atoms with Gasteiger partial charge in [-0.25, -0.2) is 0 Å². The number of halogens is 1. The molecule has 1 atom stereocenters. The van der Waals surface area contributed by atoms with E-state index in [-0.39, 0.29) is 16.1 Å². The number of aryl methyl sites for hydroxylation is 1. The molecule has 0 radical (unpaired) electrons. The van der Waals surface area contributed by atoms with Crippen molar-refractivity contribution >= 4 is 27.5 Å². The average Bonchev–Trinajstić information content (AvgIpc) is 2.86. The number of nitrogens with two attached hydrogens (primary N) is 1. The standard InChI is InChI=1S/C18H16ClNO5S/c1-11-2-6-13(7-3-11)16-15(21)17(18(20)24-16)25-26(22,23)10-12-4-8-14(19)9-5-12/h2-9,16H,10,20H2,1H3/i10D2,16D. The molecule has 1 unspecified atom stereocenters. The molecule has 6 nitrogen and oxygen atoms in total. The van der Waals surface area contributed by atoms with E-state index in [0.717, 1.165) is 5.56 Å². The Bertz CT molecular complexity index is 1100. The van der Waals surface area contributed by atoms with Crippen molar-refractivity contribution in [1.82, 2.24) is 0 Å². The molecule has 0 spiro atoms. The summed E-state index contributed by atoms with van der Waals surface area (Å²) >= 11 is 5.74. The fourth-order valence-electron chi connectivity index (χ4n) is 2.18. The molecule has 0 saturated heterocycles. The number of rotatable bonds is 5. The number of hydrogen-bond donors (Lipinski definition) is 1. The molecule has 2 aromatic carbocycles. The summed E-state index contributed by atoms with van der Waals surface area (Å²) in [6.07, 6.45) is -2.34. The number of ether oxygens (including phenoxy) is 1. The van der Waals surface area contributed by atoms with Crippen LogP contribution in [0.25, 0.3) is 0 Å². The van der Waals surface area contributed by atoms with Crippen molar-refractivity contribution in [3.63, 3.8) is 0 Å². The summed E-state index contributed by atoms with van der Waals surface area (Å²) in [5.41, 5.74) is 3.31. The zero-order valence-electron chi connectivity index (χ0n) is 16.5. The Morgan fingerprint density at radius 3 is 2.46 bits per heavy atom. The van der Waals surface area contributed by atoms with Crippen molar-refractivity contribution in [2.24, 2.45) is 5.73 Å². The Balaban J connectivity index is 1.92. The maximum Gasteiger partial charge on any atom is 0.313 e. The molecule has 2 N–H and O–H groups in total. The lowest BCUT2D eigenvalue weighted by atomic mass is 10.0. The topological polar surface area (TPSA) is 95.7 Å². The predicted octanol–water partition coefficient (Wildman–Crippen LogP) is 2.96. The van der Waals surface area contributed by atoms with Gasteiger partial charge in [0.25, 0.3) is 0 Å². The highest BCUT2D eigenvalue weighted by Gasteiger charge is 2.39. The second-order valence-electron chi connectivity index (χ2n) is 5.47. The smallest absolute Gasteiger partial charge is 0.313 e.